The molecular weight excluding hydrogens is 238 g/mol. The van der Waals surface area contributed by atoms with Crippen LogP contribution in [-0.2, 0) is 0 Å². The summed E-state index contributed by atoms with van der Waals surface area (Å²) in [6, 6.07) is 8.50. The van der Waals surface area contributed by atoms with Gasteiger partial charge in [-0.05, 0) is 19.8 Å². The van der Waals surface area contributed by atoms with E-state index in [9.17, 15) is 0 Å². The lowest BCUT2D eigenvalue weighted by Crippen LogP contribution is -2.43. The molecular formula is C14H19N5. The Morgan fingerprint density at radius 3 is 2.84 bits per heavy atom. The molecule has 5 heteroatoms. The Hall–Kier alpha value is -1.88. The molecule has 0 saturated carbocycles. The van der Waals surface area contributed by atoms with Gasteiger partial charge in [0.25, 0.3) is 0 Å². The molecule has 1 aliphatic heterocycles. The van der Waals surface area contributed by atoms with E-state index in [0.29, 0.717) is 0 Å². The van der Waals surface area contributed by atoms with Crippen LogP contribution in [0.4, 0.5) is 5.95 Å². The third-order valence-corrected chi connectivity index (χ3v) is 3.54. The SMILES string of the molecule is Cc1ccc(-c2nc(N3CCCC(N)C3)n[nH]2)cc1. The Morgan fingerprint density at radius 1 is 1.32 bits per heavy atom. The molecule has 1 fully saturated rings. The van der Waals surface area contributed by atoms with Gasteiger partial charge in [-0.3, -0.25) is 5.10 Å². The molecule has 2 heterocycles. The van der Waals surface area contributed by atoms with Crippen molar-refractivity contribution in [2.45, 2.75) is 25.8 Å². The molecule has 0 spiro atoms. The average Bonchev–Trinajstić information content (AvgIpc) is 2.89. The summed E-state index contributed by atoms with van der Waals surface area (Å²) in [5, 5.41) is 7.32. The summed E-state index contributed by atoms with van der Waals surface area (Å²) in [7, 11) is 0. The maximum Gasteiger partial charge on any atom is 0.245 e. The number of nitrogens with zero attached hydrogens (tertiary/aromatic N) is 3. The first kappa shape index (κ1) is 12.2. The highest BCUT2D eigenvalue weighted by atomic mass is 15.4. The van der Waals surface area contributed by atoms with Gasteiger partial charge in [-0.15, -0.1) is 5.10 Å². The van der Waals surface area contributed by atoms with E-state index in [2.05, 4.69) is 51.3 Å². The number of nitrogens with two attached hydrogens (primary N) is 1. The third kappa shape index (κ3) is 2.61. The molecule has 2 aromatic rings. The van der Waals surface area contributed by atoms with Crippen molar-refractivity contribution in [3.05, 3.63) is 29.8 Å². The van der Waals surface area contributed by atoms with Crippen molar-refractivity contribution < 1.29 is 0 Å². The van der Waals surface area contributed by atoms with Crippen molar-refractivity contribution in [2.24, 2.45) is 5.73 Å². The van der Waals surface area contributed by atoms with Gasteiger partial charge < -0.3 is 10.6 Å². The molecule has 1 aromatic carbocycles. The smallest absolute Gasteiger partial charge is 0.245 e. The molecule has 0 radical (unpaired) electrons. The first-order valence-electron chi connectivity index (χ1n) is 6.72. The second-order valence-electron chi connectivity index (χ2n) is 5.20. The summed E-state index contributed by atoms with van der Waals surface area (Å²) in [6.07, 6.45) is 2.20. The van der Waals surface area contributed by atoms with E-state index < -0.39 is 0 Å². The minimum absolute atomic E-state index is 0.232. The zero-order chi connectivity index (χ0) is 13.2. The number of anilines is 1. The minimum atomic E-state index is 0.232. The van der Waals surface area contributed by atoms with Crippen LogP contribution in [0.3, 0.4) is 0 Å². The number of aryl methyl sites for hydroxylation is 1. The number of rotatable bonds is 2. The Kier molecular flexibility index (Phi) is 3.21. The van der Waals surface area contributed by atoms with E-state index in [4.69, 9.17) is 5.73 Å². The summed E-state index contributed by atoms with van der Waals surface area (Å²) in [4.78, 5) is 6.73. The summed E-state index contributed by atoms with van der Waals surface area (Å²) in [6.45, 7) is 3.90. The fourth-order valence-corrected chi connectivity index (χ4v) is 2.43. The van der Waals surface area contributed by atoms with Gasteiger partial charge in [0.1, 0.15) is 0 Å². The maximum absolute atomic E-state index is 5.99. The molecule has 1 unspecified atom stereocenters. The normalized spacial score (nSPS) is 19.7. The Morgan fingerprint density at radius 2 is 2.11 bits per heavy atom. The van der Waals surface area contributed by atoms with Crippen LogP contribution in [0.2, 0.25) is 0 Å². The minimum Gasteiger partial charge on any atom is -0.338 e. The van der Waals surface area contributed by atoms with Gasteiger partial charge in [0.2, 0.25) is 5.95 Å². The van der Waals surface area contributed by atoms with Crippen molar-refractivity contribution in [3.8, 4) is 11.4 Å². The summed E-state index contributed by atoms with van der Waals surface area (Å²) >= 11 is 0. The van der Waals surface area contributed by atoms with Gasteiger partial charge in [-0.1, -0.05) is 29.8 Å². The molecule has 3 rings (SSSR count). The van der Waals surface area contributed by atoms with E-state index in [1.165, 1.54) is 5.56 Å². The summed E-state index contributed by atoms with van der Waals surface area (Å²) < 4.78 is 0. The van der Waals surface area contributed by atoms with Gasteiger partial charge in [0.15, 0.2) is 5.82 Å². The molecule has 3 N–H and O–H groups in total. The quantitative estimate of drug-likeness (QED) is 0.859. The molecule has 1 aliphatic rings. The van der Waals surface area contributed by atoms with E-state index in [-0.39, 0.29) is 6.04 Å². The maximum atomic E-state index is 5.99. The van der Waals surface area contributed by atoms with Crippen LogP contribution in [0.5, 0.6) is 0 Å². The summed E-state index contributed by atoms with van der Waals surface area (Å²) in [5.74, 6) is 1.57. The fraction of sp³-hybridized carbons (Fsp3) is 0.429. The number of aromatic amines is 1. The second kappa shape index (κ2) is 5.01. The van der Waals surface area contributed by atoms with Gasteiger partial charge in [-0.2, -0.15) is 4.98 Å². The molecule has 0 aliphatic carbocycles. The molecule has 1 saturated heterocycles. The van der Waals surface area contributed by atoms with Crippen LogP contribution in [0.1, 0.15) is 18.4 Å². The van der Waals surface area contributed by atoms with Crippen molar-refractivity contribution in [1.29, 1.82) is 0 Å². The second-order valence-corrected chi connectivity index (χ2v) is 5.20. The van der Waals surface area contributed by atoms with Crippen LogP contribution in [0.15, 0.2) is 24.3 Å². The Bertz CT molecular complexity index is 545. The number of benzene rings is 1. The number of aromatic nitrogens is 3. The van der Waals surface area contributed by atoms with E-state index in [1.54, 1.807) is 0 Å². The highest BCUT2D eigenvalue weighted by Gasteiger charge is 2.20. The van der Waals surface area contributed by atoms with E-state index in [1.807, 2.05) is 0 Å². The zero-order valence-corrected chi connectivity index (χ0v) is 11.1. The molecule has 5 nitrogen and oxygen atoms in total. The van der Waals surface area contributed by atoms with Crippen LogP contribution >= 0.6 is 0 Å². The number of piperidine rings is 1. The Balaban J connectivity index is 1.81. The summed E-state index contributed by atoms with van der Waals surface area (Å²) in [5.41, 5.74) is 8.29. The molecule has 1 aromatic heterocycles. The van der Waals surface area contributed by atoms with Gasteiger partial charge in [0.05, 0.1) is 0 Å². The fourth-order valence-electron chi connectivity index (χ4n) is 2.43. The number of hydrogen-bond acceptors (Lipinski definition) is 4. The van der Waals surface area contributed by atoms with Crippen molar-refractivity contribution >= 4 is 5.95 Å². The lowest BCUT2D eigenvalue weighted by molar-refractivity contribution is 0.500. The largest absolute Gasteiger partial charge is 0.338 e. The highest BCUT2D eigenvalue weighted by Crippen LogP contribution is 2.20. The van der Waals surface area contributed by atoms with Gasteiger partial charge in [0, 0.05) is 24.7 Å². The van der Waals surface area contributed by atoms with Gasteiger partial charge >= 0.3 is 0 Å². The van der Waals surface area contributed by atoms with Crippen LogP contribution in [0, 0.1) is 6.92 Å². The number of hydrogen-bond donors (Lipinski definition) is 2. The van der Waals surface area contributed by atoms with E-state index in [0.717, 1.165) is 43.3 Å². The topological polar surface area (TPSA) is 70.8 Å². The predicted molar refractivity (Wildman–Crippen MR) is 76.0 cm³/mol. The molecule has 100 valence electrons. The van der Waals surface area contributed by atoms with Crippen LogP contribution < -0.4 is 10.6 Å². The molecule has 0 bridgehead atoms. The number of H-pyrrole nitrogens is 1. The van der Waals surface area contributed by atoms with Crippen LogP contribution in [0.25, 0.3) is 11.4 Å². The monoisotopic (exact) mass is 257 g/mol. The van der Waals surface area contributed by atoms with Crippen molar-refractivity contribution in [1.82, 2.24) is 15.2 Å². The zero-order valence-electron chi connectivity index (χ0n) is 11.1. The lowest BCUT2D eigenvalue weighted by atomic mass is 10.1. The van der Waals surface area contributed by atoms with Crippen LogP contribution in [-0.4, -0.2) is 34.3 Å². The predicted octanol–water partition coefficient (Wildman–Crippen LogP) is 1.71. The van der Waals surface area contributed by atoms with E-state index >= 15 is 0 Å². The first-order chi connectivity index (χ1) is 9.22. The van der Waals surface area contributed by atoms with Crippen molar-refractivity contribution in [3.63, 3.8) is 0 Å². The van der Waals surface area contributed by atoms with Crippen molar-refractivity contribution in [2.75, 3.05) is 18.0 Å². The third-order valence-electron chi connectivity index (χ3n) is 3.54. The molecule has 0 amide bonds. The average molecular weight is 257 g/mol. The number of nitrogens with one attached hydrogen (secondary N) is 1. The first-order valence-corrected chi connectivity index (χ1v) is 6.72. The lowest BCUT2D eigenvalue weighted by Gasteiger charge is -2.29. The Labute approximate surface area is 112 Å². The molecule has 1 atom stereocenters. The van der Waals surface area contributed by atoms with Gasteiger partial charge in [-0.25, -0.2) is 0 Å². The standard InChI is InChI=1S/C14H19N5/c1-10-4-6-11(7-5-10)13-16-14(18-17-13)19-8-2-3-12(15)9-19/h4-7,12H,2-3,8-9,15H2,1H3,(H,16,17,18). The molecule has 19 heavy (non-hydrogen) atoms. The highest BCUT2D eigenvalue weighted by molar-refractivity contribution is 5.56.